The highest BCUT2D eigenvalue weighted by Gasteiger charge is 2.28. The molecule has 0 aromatic carbocycles. The average molecular weight is 339 g/mol. The van der Waals surface area contributed by atoms with E-state index in [2.05, 4.69) is 0 Å². The summed E-state index contributed by atoms with van der Waals surface area (Å²) in [7, 11) is -3.52. The Labute approximate surface area is 126 Å². The molecule has 112 valence electrons. The minimum absolute atomic E-state index is 0.0568. The van der Waals surface area contributed by atoms with Crippen molar-refractivity contribution in [1.82, 2.24) is 9.21 Å². The van der Waals surface area contributed by atoms with Gasteiger partial charge in [-0.1, -0.05) is 11.6 Å². The number of rotatable bonds is 4. The number of thiophene rings is 1. The van der Waals surface area contributed by atoms with Gasteiger partial charge in [-0.05, 0) is 18.6 Å². The molecule has 0 saturated carbocycles. The van der Waals surface area contributed by atoms with Crippen LogP contribution in [0.1, 0.15) is 6.42 Å². The molecule has 2 rings (SSSR count). The summed E-state index contributed by atoms with van der Waals surface area (Å²) in [5.41, 5.74) is 0. The molecule has 0 spiro atoms. The smallest absolute Gasteiger partial charge is 0.317 e. The average Bonchev–Trinajstić information content (AvgIpc) is 2.66. The van der Waals surface area contributed by atoms with E-state index in [-0.39, 0.29) is 10.8 Å². The quantitative estimate of drug-likeness (QED) is 0.892. The Bertz CT molecular complexity index is 587. The first-order chi connectivity index (χ1) is 9.39. The standard InChI is InChI=1S/C11H15ClN2O4S2/c12-9-2-3-11(19-9)20(17,18)14-5-1-4-13(6-7-14)8-10(15)16/h2-3H,1,4-8H2,(H,15,16). The van der Waals surface area contributed by atoms with Gasteiger partial charge in [-0.15, -0.1) is 11.3 Å². The molecule has 0 radical (unpaired) electrons. The molecule has 1 saturated heterocycles. The fourth-order valence-corrected chi connectivity index (χ4v) is 5.21. The molecule has 20 heavy (non-hydrogen) atoms. The summed E-state index contributed by atoms with van der Waals surface area (Å²) in [5.74, 6) is -0.897. The lowest BCUT2D eigenvalue weighted by molar-refractivity contribution is -0.138. The van der Waals surface area contributed by atoms with Gasteiger partial charge >= 0.3 is 5.97 Å². The summed E-state index contributed by atoms with van der Waals surface area (Å²) in [6, 6.07) is 3.07. The van der Waals surface area contributed by atoms with Crippen LogP contribution in [0.25, 0.3) is 0 Å². The minimum Gasteiger partial charge on any atom is -0.480 e. The molecule has 6 nitrogen and oxygen atoms in total. The molecule has 0 bridgehead atoms. The van der Waals surface area contributed by atoms with E-state index in [1.54, 1.807) is 11.0 Å². The Morgan fingerprint density at radius 2 is 2.05 bits per heavy atom. The monoisotopic (exact) mass is 338 g/mol. The second-order valence-electron chi connectivity index (χ2n) is 4.49. The fourth-order valence-electron chi connectivity index (χ4n) is 2.10. The lowest BCUT2D eigenvalue weighted by atomic mass is 10.4. The number of hydrogen-bond acceptors (Lipinski definition) is 5. The first-order valence-electron chi connectivity index (χ1n) is 6.09. The summed E-state index contributed by atoms with van der Waals surface area (Å²) in [6.45, 7) is 1.64. The molecule has 1 aromatic heterocycles. The predicted molar refractivity (Wildman–Crippen MR) is 76.8 cm³/mol. The Morgan fingerprint density at radius 3 is 2.65 bits per heavy atom. The second kappa shape index (κ2) is 6.40. The predicted octanol–water partition coefficient (Wildman–Crippen LogP) is 1.18. The van der Waals surface area contributed by atoms with Gasteiger partial charge in [0, 0.05) is 26.2 Å². The third-order valence-electron chi connectivity index (χ3n) is 3.05. The van der Waals surface area contributed by atoms with Gasteiger partial charge < -0.3 is 5.11 Å². The van der Waals surface area contributed by atoms with Crippen molar-refractivity contribution in [2.45, 2.75) is 10.6 Å². The largest absolute Gasteiger partial charge is 0.480 e. The van der Waals surface area contributed by atoms with E-state index in [0.29, 0.717) is 36.9 Å². The van der Waals surface area contributed by atoms with E-state index in [4.69, 9.17) is 16.7 Å². The molecule has 0 unspecified atom stereocenters. The number of carbonyl (C=O) groups is 1. The molecule has 0 aliphatic carbocycles. The van der Waals surface area contributed by atoms with Crippen LogP contribution in [0.2, 0.25) is 4.34 Å². The first kappa shape index (κ1) is 15.7. The van der Waals surface area contributed by atoms with E-state index in [0.717, 1.165) is 11.3 Å². The van der Waals surface area contributed by atoms with Crippen molar-refractivity contribution in [3.8, 4) is 0 Å². The highest BCUT2D eigenvalue weighted by molar-refractivity contribution is 7.91. The lowest BCUT2D eigenvalue weighted by Gasteiger charge is -2.19. The Balaban J connectivity index is 2.08. The topological polar surface area (TPSA) is 77.9 Å². The molecular weight excluding hydrogens is 324 g/mol. The van der Waals surface area contributed by atoms with Crippen molar-refractivity contribution in [2.75, 3.05) is 32.7 Å². The summed E-state index contributed by atoms with van der Waals surface area (Å²) >= 11 is 6.81. The Morgan fingerprint density at radius 1 is 1.30 bits per heavy atom. The first-order valence-corrected chi connectivity index (χ1v) is 8.72. The van der Waals surface area contributed by atoms with E-state index >= 15 is 0 Å². The highest BCUT2D eigenvalue weighted by Crippen LogP contribution is 2.28. The van der Waals surface area contributed by atoms with Crippen molar-refractivity contribution in [3.05, 3.63) is 16.5 Å². The van der Waals surface area contributed by atoms with Crippen LogP contribution < -0.4 is 0 Å². The number of hydrogen-bond donors (Lipinski definition) is 1. The van der Waals surface area contributed by atoms with Crippen LogP contribution in [0.15, 0.2) is 16.3 Å². The van der Waals surface area contributed by atoms with Gasteiger partial charge in [0.05, 0.1) is 10.9 Å². The maximum absolute atomic E-state index is 12.4. The maximum atomic E-state index is 12.4. The number of carboxylic acids is 1. The van der Waals surface area contributed by atoms with E-state index in [1.807, 2.05) is 0 Å². The number of carboxylic acid groups (broad SMARTS) is 1. The number of nitrogens with zero attached hydrogens (tertiary/aromatic N) is 2. The Kier molecular flexibility index (Phi) is 5.03. The Hall–Kier alpha value is -0.670. The summed E-state index contributed by atoms with van der Waals surface area (Å²) < 4.78 is 26.9. The fraction of sp³-hybridized carbons (Fsp3) is 0.545. The zero-order valence-corrected chi connectivity index (χ0v) is 13.0. The molecule has 0 amide bonds. The summed E-state index contributed by atoms with van der Waals surface area (Å²) in [6.07, 6.45) is 0.617. The van der Waals surface area contributed by atoms with Crippen molar-refractivity contribution in [1.29, 1.82) is 0 Å². The molecular formula is C11H15ClN2O4S2. The van der Waals surface area contributed by atoms with Gasteiger partial charge in [0.2, 0.25) is 0 Å². The van der Waals surface area contributed by atoms with Crippen LogP contribution in [0.5, 0.6) is 0 Å². The normalized spacial score (nSPS) is 18.9. The third-order valence-corrected chi connectivity index (χ3v) is 6.65. The van der Waals surface area contributed by atoms with Crippen LogP contribution in [-0.4, -0.2) is 61.4 Å². The van der Waals surface area contributed by atoms with Gasteiger partial charge in [-0.25, -0.2) is 8.42 Å². The molecule has 0 atom stereocenters. The van der Waals surface area contributed by atoms with E-state index in [9.17, 15) is 13.2 Å². The molecule has 1 aliphatic heterocycles. The van der Waals surface area contributed by atoms with Gasteiger partial charge in [-0.3, -0.25) is 9.69 Å². The third kappa shape index (κ3) is 3.70. The van der Waals surface area contributed by atoms with Gasteiger partial charge in [0.25, 0.3) is 10.0 Å². The molecule has 1 N–H and O–H groups in total. The molecule has 1 fully saturated rings. The number of aliphatic carboxylic acids is 1. The van der Waals surface area contributed by atoms with Crippen LogP contribution in [-0.2, 0) is 14.8 Å². The zero-order chi connectivity index (χ0) is 14.8. The maximum Gasteiger partial charge on any atom is 0.317 e. The van der Waals surface area contributed by atoms with Crippen molar-refractivity contribution in [3.63, 3.8) is 0 Å². The second-order valence-corrected chi connectivity index (χ2v) is 8.37. The number of sulfonamides is 1. The van der Waals surface area contributed by atoms with E-state index < -0.39 is 16.0 Å². The van der Waals surface area contributed by atoms with Crippen LogP contribution >= 0.6 is 22.9 Å². The van der Waals surface area contributed by atoms with Crippen LogP contribution in [0, 0.1) is 0 Å². The van der Waals surface area contributed by atoms with Crippen molar-refractivity contribution >= 4 is 38.9 Å². The number of halogens is 1. The SMILES string of the molecule is O=C(O)CN1CCCN(S(=O)(=O)c2ccc(Cl)s2)CC1. The summed E-state index contributed by atoms with van der Waals surface area (Å²) in [5, 5.41) is 8.78. The zero-order valence-electron chi connectivity index (χ0n) is 10.7. The van der Waals surface area contributed by atoms with Gasteiger partial charge in [0.15, 0.2) is 0 Å². The minimum atomic E-state index is -3.52. The molecule has 9 heteroatoms. The van der Waals surface area contributed by atoms with Crippen LogP contribution in [0.4, 0.5) is 0 Å². The lowest BCUT2D eigenvalue weighted by Crippen LogP contribution is -2.36. The highest BCUT2D eigenvalue weighted by atomic mass is 35.5. The van der Waals surface area contributed by atoms with E-state index in [1.165, 1.54) is 10.4 Å². The van der Waals surface area contributed by atoms with Gasteiger partial charge in [0.1, 0.15) is 4.21 Å². The molecule has 1 aliphatic rings. The van der Waals surface area contributed by atoms with Crippen molar-refractivity contribution in [2.24, 2.45) is 0 Å². The van der Waals surface area contributed by atoms with Crippen molar-refractivity contribution < 1.29 is 18.3 Å². The van der Waals surface area contributed by atoms with Gasteiger partial charge in [-0.2, -0.15) is 4.31 Å². The molecule has 1 aromatic rings. The van der Waals surface area contributed by atoms with Crippen LogP contribution in [0.3, 0.4) is 0 Å². The summed E-state index contributed by atoms with van der Waals surface area (Å²) in [4.78, 5) is 12.4. The molecule has 2 heterocycles.